The second-order valence-corrected chi connectivity index (χ2v) is 9.76. The minimum atomic E-state index is -1.90. The minimum Gasteiger partial charge on any atom is -0.497 e. The number of halogens is 1. The summed E-state index contributed by atoms with van der Waals surface area (Å²) in [5.41, 5.74) is 2.96. The summed E-state index contributed by atoms with van der Waals surface area (Å²) in [6.07, 6.45) is -1.87. The number of thiophene rings is 1. The van der Waals surface area contributed by atoms with Gasteiger partial charge in [0.15, 0.2) is 12.2 Å². The Balaban J connectivity index is 0.00000260. The largest absolute Gasteiger partial charge is 0.497 e. The summed E-state index contributed by atoms with van der Waals surface area (Å²) in [5, 5.41) is 25.4. The zero-order valence-electron chi connectivity index (χ0n) is 23.0. The lowest BCUT2D eigenvalue weighted by Crippen LogP contribution is -2.51. The van der Waals surface area contributed by atoms with Gasteiger partial charge in [0.05, 0.1) is 7.11 Å². The maximum atomic E-state index is 13.2. The van der Waals surface area contributed by atoms with Crippen LogP contribution in [0.5, 0.6) is 5.75 Å². The molecule has 2 aromatic carbocycles. The Hall–Kier alpha value is -3.27. The molecule has 0 saturated heterocycles. The lowest BCUT2D eigenvalue weighted by molar-refractivity contribution is -0.153. The second kappa shape index (κ2) is 16.6. The number of hydrogen-bond acceptors (Lipinski definition) is 6. The van der Waals surface area contributed by atoms with Gasteiger partial charge < -0.3 is 25.2 Å². The molecule has 9 heteroatoms. The number of methoxy groups -OCH3 is 1. The molecule has 212 valence electrons. The van der Waals surface area contributed by atoms with Crippen LogP contribution in [0.4, 0.5) is 4.39 Å². The maximum absolute atomic E-state index is 13.2. The van der Waals surface area contributed by atoms with E-state index in [1.54, 1.807) is 30.6 Å². The van der Waals surface area contributed by atoms with E-state index >= 15 is 0 Å². The number of amides is 2. The van der Waals surface area contributed by atoms with E-state index in [0.717, 1.165) is 28.2 Å². The Morgan fingerprint density at radius 1 is 1.03 bits per heavy atom. The van der Waals surface area contributed by atoms with E-state index in [4.69, 9.17) is 4.74 Å². The van der Waals surface area contributed by atoms with E-state index in [2.05, 4.69) is 16.8 Å². The highest BCUT2D eigenvalue weighted by molar-refractivity contribution is 7.10. The number of carbonyl (C=O) groups excluding carboxylic acids is 2. The third kappa shape index (κ3) is 10.1. The van der Waals surface area contributed by atoms with Gasteiger partial charge in [0.2, 0.25) is 0 Å². The number of carbonyl (C=O) groups is 2. The van der Waals surface area contributed by atoms with Gasteiger partial charge in [-0.3, -0.25) is 9.59 Å². The van der Waals surface area contributed by atoms with Crippen LogP contribution in [0, 0.1) is 5.82 Å². The van der Waals surface area contributed by atoms with Gasteiger partial charge in [0, 0.05) is 24.5 Å². The molecule has 2 amide bonds. The highest BCUT2D eigenvalue weighted by Gasteiger charge is 2.33. The highest BCUT2D eigenvalue weighted by atomic mass is 32.1. The van der Waals surface area contributed by atoms with E-state index in [-0.39, 0.29) is 18.9 Å². The number of nitrogens with zero attached hydrogens (tertiary/aromatic N) is 1. The Bertz CT molecular complexity index is 1170. The van der Waals surface area contributed by atoms with Gasteiger partial charge in [-0.1, -0.05) is 45.0 Å². The first-order valence-corrected chi connectivity index (χ1v) is 14.0. The van der Waals surface area contributed by atoms with E-state index < -0.39 is 24.0 Å². The summed E-state index contributed by atoms with van der Waals surface area (Å²) in [7, 11) is 1.64. The van der Waals surface area contributed by atoms with Gasteiger partial charge in [-0.25, -0.2) is 4.39 Å². The molecule has 7 nitrogen and oxygen atoms in total. The van der Waals surface area contributed by atoms with E-state index in [9.17, 15) is 24.2 Å². The van der Waals surface area contributed by atoms with Crippen molar-refractivity contribution in [2.75, 3.05) is 20.2 Å². The van der Waals surface area contributed by atoms with Gasteiger partial charge >= 0.3 is 0 Å². The third-order valence-corrected chi connectivity index (χ3v) is 6.88. The number of aliphatic hydroxyl groups is 2. The van der Waals surface area contributed by atoms with Crippen molar-refractivity contribution in [3.63, 3.8) is 0 Å². The van der Waals surface area contributed by atoms with Crippen molar-refractivity contribution in [2.24, 2.45) is 0 Å². The van der Waals surface area contributed by atoms with Crippen LogP contribution in [-0.2, 0) is 29.0 Å². The maximum Gasteiger partial charge on any atom is 0.254 e. The number of aliphatic hydroxyl groups excluding tert-OH is 2. The zero-order chi connectivity index (χ0) is 28.8. The molecule has 0 aliphatic carbocycles. The van der Waals surface area contributed by atoms with Crippen molar-refractivity contribution in [3.8, 4) is 5.75 Å². The van der Waals surface area contributed by atoms with Gasteiger partial charge in [-0.15, -0.1) is 11.3 Å². The summed E-state index contributed by atoms with van der Waals surface area (Å²) >= 11 is 1.58. The summed E-state index contributed by atoms with van der Waals surface area (Å²) in [6, 6.07) is 15.6. The van der Waals surface area contributed by atoms with Crippen LogP contribution in [0.25, 0.3) is 0 Å². The predicted molar refractivity (Wildman–Crippen MR) is 152 cm³/mol. The summed E-state index contributed by atoms with van der Waals surface area (Å²) < 4.78 is 18.4. The number of ether oxygens (including phenoxy) is 1. The molecule has 0 saturated carbocycles. The Kier molecular flexibility index (Phi) is 13.6. The van der Waals surface area contributed by atoms with Crippen LogP contribution < -0.4 is 10.1 Å². The van der Waals surface area contributed by atoms with E-state index in [1.165, 1.54) is 17.0 Å². The molecule has 0 fully saturated rings. The van der Waals surface area contributed by atoms with Crippen LogP contribution in [0.3, 0.4) is 0 Å². The quantitative estimate of drug-likeness (QED) is 0.290. The van der Waals surface area contributed by atoms with Gasteiger partial charge in [-0.05, 0) is 71.7 Å². The summed E-state index contributed by atoms with van der Waals surface area (Å²) in [5.74, 6) is -1.15. The summed E-state index contributed by atoms with van der Waals surface area (Å²) in [4.78, 5) is 27.6. The molecule has 3 rings (SSSR count). The number of hydrogen-bond donors (Lipinski definition) is 3. The van der Waals surface area contributed by atoms with Crippen LogP contribution >= 0.6 is 11.3 Å². The molecule has 0 spiro atoms. The Labute approximate surface area is 234 Å². The smallest absolute Gasteiger partial charge is 0.254 e. The molecule has 0 radical (unpaired) electrons. The average molecular weight is 559 g/mol. The van der Waals surface area contributed by atoms with Crippen molar-refractivity contribution in [3.05, 3.63) is 87.4 Å². The molecule has 2 atom stereocenters. The first-order chi connectivity index (χ1) is 18.8. The average Bonchev–Trinajstić information content (AvgIpc) is 3.40. The first kappa shape index (κ1) is 31.9. The van der Waals surface area contributed by atoms with Gasteiger partial charge in [0.1, 0.15) is 11.6 Å². The molecule has 1 heterocycles. The van der Waals surface area contributed by atoms with Crippen LogP contribution in [-0.4, -0.2) is 59.3 Å². The molecule has 39 heavy (non-hydrogen) atoms. The monoisotopic (exact) mass is 558 g/mol. The van der Waals surface area contributed by atoms with Crippen molar-refractivity contribution in [1.82, 2.24) is 10.2 Å². The van der Waals surface area contributed by atoms with Gasteiger partial charge in [0.25, 0.3) is 11.8 Å². The second-order valence-electron chi connectivity index (χ2n) is 8.77. The lowest BCUT2D eigenvalue weighted by atomic mass is 10.1. The van der Waals surface area contributed by atoms with Crippen molar-refractivity contribution in [1.29, 1.82) is 0 Å². The predicted octanol–water partition coefficient (Wildman–Crippen LogP) is 4.33. The molecular formula is C30H39FN2O5S. The molecule has 0 bridgehead atoms. The van der Waals surface area contributed by atoms with Crippen molar-refractivity contribution in [2.45, 2.75) is 58.8 Å². The zero-order valence-corrected chi connectivity index (χ0v) is 23.8. The molecule has 0 aliphatic heterocycles. The lowest BCUT2D eigenvalue weighted by Gasteiger charge is -2.26. The van der Waals surface area contributed by atoms with Crippen molar-refractivity contribution < 1.29 is 28.9 Å². The van der Waals surface area contributed by atoms with Crippen LogP contribution in [0.2, 0.25) is 0 Å². The fourth-order valence-corrected chi connectivity index (χ4v) is 4.79. The molecular weight excluding hydrogens is 519 g/mol. The fourth-order valence-electron chi connectivity index (χ4n) is 3.89. The Morgan fingerprint density at radius 2 is 1.74 bits per heavy atom. The van der Waals surface area contributed by atoms with Crippen LogP contribution in [0.15, 0.2) is 60.0 Å². The number of rotatable bonds is 13. The first-order valence-electron chi connectivity index (χ1n) is 13.2. The normalized spacial score (nSPS) is 12.1. The van der Waals surface area contributed by atoms with Crippen LogP contribution in [0.1, 0.15) is 48.8 Å². The molecule has 2 unspecified atom stereocenters. The number of nitrogens with one attached hydrogen (secondary N) is 1. The standard InChI is InChI=1S/C28H33FN2O5S.C2H6/c1-3-13-31(17-19-7-9-22(29)10-8-19)28(35)26(33)25(32)27(34)30-12-11-24-16-21(18-37-24)14-20-5-4-6-23(15-20)36-2;1-2/h4-10,15-16,18,25-26,32-33H,3,11-14,17H2,1-2H3,(H,30,34);1-2H3. The van der Waals surface area contributed by atoms with E-state index in [0.29, 0.717) is 24.9 Å². The molecule has 1 aromatic heterocycles. The SMILES string of the molecule is CC.CCCN(Cc1ccc(F)cc1)C(=O)C(O)C(O)C(=O)NCCc1cc(Cc2cccc(OC)c2)cs1. The van der Waals surface area contributed by atoms with E-state index in [1.807, 2.05) is 45.0 Å². The molecule has 0 aliphatic rings. The Morgan fingerprint density at radius 3 is 2.41 bits per heavy atom. The third-order valence-electron chi connectivity index (χ3n) is 5.83. The topological polar surface area (TPSA) is 99.1 Å². The highest BCUT2D eigenvalue weighted by Crippen LogP contribution is 2.21. The number of benzene rings is 2. The molecule has 3 N–H and O–H groups in total. The molecule has 3 aromatic rings. The fraction of sp³-hybridized carbons (Fsp3) is 0.400. The minimum absolute atomic E-state index is 0.134. The van der Waals surface area contributed by atoms with Gasteiger partial charge in [-0.2, -0.15) is 0 Å². The summed E-state index contributed by atoms with van der Waals surface area (Å²) in [6.45, 7) is 6.57. The van der Waals surface area contributed by atoms with Crippen molar-refractivity contribution >= 4 is 23.2 Å².